The molecule has 66 heavy (non-hydrogen) atoms. The van der Waals surface area contributed by atoms with Crippen LogP contribution in [0, 0.1) is 0 Å². The first-order valence-corrected chi connectivity index (χ1v) is 28.1. The highest BCUT2D eigenvalue weighted by atomic mass is 16.6. The number of allylic oxidation sites excluding steroid dienone is 14. The maximum absolute atomic E-state index is 12.8. The summed E-state index contributed by atoms with van der Waals surface area (Å²) in [6.07, 6.45) is 74.7. The molecule has 0 saturated heterocycles. The largest absolute Gasteiger partial charge is 0.462 e. The minimum Gasteiger partial charge on any atom is -0.462 e. The van der Waals surface area contributed by atoms with Gasteiger partial charge in [-0.05, 0) is 77.0 Å². The second-order valence-electron chi connectivity index (χ2n) is 18.5. The van der Waals surface area contributed by atoms with Crippen LogP contribution in [-0.2, 0) is 23.8 Å². The molecule has 0 aromatic heterocycles. The van der Waals surface area contributed by atoms with E-state index >= 15 is 0 Å². The summed E-state index contributed by atoms with van der Waals surface area (Å²) in [6, 6.07) is 0. The number of esters is 2. The van der Waals surface area contributed by atoms with Gasteiger partial charge in [-0.25, -0.2) is 0 Å². The topological polar surface area (TPSA) is 61.8 Å². The van der Waals surface area contributed by atoms with Gasteiger partial charge in [-0.2, -0.15) is 0 Å². The molecule has 0 aliphatic rings. The summed E-state index contributed by atoms with van der Waals surface area (Å²) in [4.78, 5) is 25.4. The average Bonchev–Trinajstić information content (AvgIpc) is 3.32. The molecule has 1 unspecified atom stereocenters. The normalized spacial score (nSPS) is 12.8. The lowest BCUT2D eigenvalue weighted by Gasteiger charge is -2.18. The molecule has 0 saturated carbocycles. The van der Waals surface area contributed by atoms with Crippen molar-refractivity contribution >= 4 is 11.9 Å². The van der Waals surface area contributed by atoms with Gasteiger partial charge in [0.05, 0.1) is 6.61 Å². The van der Waals surface area contributed by atoms with Gasteiger partial charge in [0.25, 0.3) is 0 Å². The third-order valence-corrected chi connectivity index (χ3v) is 11.9. The first kappa shape index (κ1) is 63.1. The number of hydrogen-bond donors (Lipinski definition) is 0. The predicted molar refractivity (Wildman–Crippen MR) is 288 cm³/mol. The Bertz CT molecular complexity index is 1220. The van der Waals surface area contributed by atoms with Crippen molar-refractivity contribution in [1.82, 2.24) is 0 Å². The maximum Gasteiger partial charge on any atom is 0.306 e. The summed E-state index contributed by atoms with van der Waals surface area (Å²) in [5.41, 5.74) is 0. The van der Waals surface area contributed by atoms with Gasteiger partial charge in [-0.15, -0.1) is 0 Å². The highest BCUT2D eigenvalue weighted by molar-refractivity contribution is 5.70. The van der Waals surface area contributed by atoms with E-state index < -0.39 is 6.10 Å². The first-order valence-electron chi connectivity index (χ1n) is 28.1. The zero-order valence-electron chi connectivity index (χ0n) is 43.7. The zero-order valence-corrected chi connectivity index (χ0v) is 43.7. The van der Waals surface area contributed by atoms with Crippen LogP contribution in [0.25, 0.3) is 0 Å². The quantitative estimate of drug-likeness (QED) is 0.0346. The number of hydrogen-bond acceptors (Lipinski definition) is 5. The Balaban J connectivity index is 4.33. The molecule has 0 spiro atoms. The second-order valence-corrected chi connectivity index (χ2v) is 18.5. The van der Waals surface area contributed by atoms with Crippen LogP contribution in [0.5, 0.6) is 0 Å². The van der Waals surface area contributed by atoms with Gasteiger partial charge in [0.1, 0.15) is 6.61 Å². The van der Waals surface area contributed by atoms with Gasteiger partial charge in [0.2, 0.25) is 0 Å². The molecule has 0 aliphatic heterocycles. The molecule has 0 amide bonds. The highest BCUT2D eigenvalue weighted by Gasteiger charge is 2.17. The lowest BCUT2D eigenvalue weighted by Crippen LogP contribution is -2.30. The van der Waals surface area contributed by atoms with E-state index in [1.807, 2.05) is 6.08 Å². The minimum absolute atomic E-state index is 0.0421. The third-order valence-electron chi connectivity index (χ3n) is 11.9. The molecule has 0 fully saturated rings. The van der Waals surface area contributed by atoms with Crippen molar-refractivity contribution in [3.63, 3.8) is 0 Å². The molecular weight excluding hydrogens is 813 g/mol. The summed E-state index contributed by atoms with van der Waals surface area (Å²) in [5, 5.41) is 0. The summed E-state index contributed by atoms with van der Waals surface area (Å²) in [5.74, 6) is -0.490. The number of carbonyl (C=O) groups excluding carboxylic acids is 2. The fraction of sp³-hybridized carbons (Fsp3) is 0.738. The van der Waals surface area contributed by atoms with Crippen LogP contribution in [0.2, 0.25) is 0 Å². The summed E-state index contributed by atoms with van der Waals surface area (Å²) >= 11 is 0. The zero-order chi connectivity index (χ0) is 47.7. The lowest BCUT2D eigenvalue weighted by molar-refractivity contribution is -0.162. The van der Waals surface area contributed by atoms with E-state index in [1.54, 1.807) is 0 Å². The molecule has 0 aromatic carbocycles. The minimum atomic E-state index is -0.571. The summed E-state index contributed by atoms with van der Waals surface area (Å²) < 4.78 is 17.4. The van der Waals surface area contributed by atoms with Crippen molar-refractivity contribution in [2.75, 3.05) is 19.8 Å². The van der Waals surface area contributed by atoms with Crippen LogP contribution in [0.15, 0.2) is 85.1 Å². The Morgan fingerprint density at radius 3 is 1.20 bits per heavy atom. The number of ether oxygens (including phenoxy) is 3. The van der Waals surface area contributed by atoms with Crippen LogP contribution >= 0.6 is 0 Å². The summed E-state index contributed by atoms with van der Waals surface area (Å²) in [6.45, 7) is 7.62. The van der Waals surface area contributed by atoms with E-state index in [1.165, 1.54) is 161 Å². The molecular formula is C61H106O5. The van der Waals surface area contributed by atoms with E-state index in [9.17, 15) is 9.59 Å². The van der Waals surface area contributed by atoms with E-state index in [0.29, 0.717) is 25.9 Å². The van der Waals surface area contributed by atoms with Crippen LogP contribution in [0.4, 0.5) is 0 Å². The number of rotatable bonds is 51. The van der Waals surface area contributed by atoms with Gasteiger partial charge in [-0.3, -0.25) is 9.59 Å². The Labute approximate surface area is 409 Å². The molecule has 0 aromatic rings. The van der Waals surface area contributed by atoms with E-state index in [2.05, 4.69) is 99.8 Å². The molecule has 5 heteroatoms. The second kappa shape index (κ2) is 56.4. The Morgan fingerprint density at radius 2 is 0.727 bits per heavy atom. The molecule has 0 aliphatic carbocycles. The lowest BCUT2D eigenvalue weighted by atomic mass is 10.0. The Morgan fingerprint density at radius 1 is 0.348 bits per heavy atom. The average molecular weight is 920 g/mol. The first-order chi connectivity index (χ1) is 32.6. The smallest absolute Gasteiger partial charge is 0.306 e. The molecule has 0 radical (unpaired) electrons. The van der Waals surface area contributed by atoms with Gasteiger partial charge < -0.3 is 14.2 Å². The van der Waals surface area contributed by atoms with Gasteiger partial charge in [0, 0.05) is 19.4 Å². The fourth-order valence-corrected chi connectivity index (χ4v) is 7.75. The molecule has 380 valence electrons. The van der Waals surface area contributed by atoms with Crippen molar-refractivity contribution in [2.24, 2.45) is 0 Å². The fourth-order valence-electron chi connectivity index (χ4n) is 7.75. The molecule has 1 atom stereocenters. The third kappa shape index (κ3) is 53.7. The van der Waals surface area contributed by atoms with E-state index in [0.717, 1.165) is 64.2 Å². The molecule has 0 bridgehead atoms. The van der Waals surface area contributed by atoms with E-state index in [-0.39, 0.29) is 25.2 Å². The van der Waals surface area contributed by atoms with E-state index in [4.69, 9.17) is 14.2 Å². The standard InChI is InChI=1S/C61H106O5/c1-4-7-10-13-16-19-22-25-27-29-31-33-35-37-39-42-45-48-51-54-60(62)65-58-59(57-64-56-53-50-47-44-41-24-21-18-15-12-9-6-3)66-61(63)55-52-49-46-43-40-38-36-34-32-30-28-26-23-20-17-14-11-8-5-2/h7,10,15-16,18-19,25,27,31,33,37,39,45,48,59H,4-6,8-9,11-14,17,20-24,26,28-30,32,34-36,38,40-44,46-47,49-58H2,1-3H3/b10-7-,18-15-,19-16-,27-25-,33-31-,39-37-,48-45-. The molecule has 5 nitrogen and oxygen atoms in total. The van der Waals surface area contributed by atoms with Gasteiger partial charge in [-0.1, -0.05) is 260 Å². The predicted octanol–water partition coefficient (Wildman–Crippen LogP) is 19.2. The molecule has 0 N–H and O–H groups in total. The van der Waals surface area contributed by atoms with Gasteiger partial charge in [0.15, 0.2) is 6.10 Å². The Kier molecular flexibility index (Phi) is 53.9. The summed E-state index contributed by atoms with van der Waals surface area (Å²) in [7, 11) is 0. The van der Waals surface area contributed by atoms with Crippen LogP contribution in [0.1, 0.15) is 265 Å². The van der Waals surface area contributed by atoms with Crippen molar-refractivity contribution < 1.29 is 23.8 Å². The number of unbranched alkanes of at least 4 members (excludes halogenated alkanes) is 26. The van der Waals surface area contributed by atoms with Crippen molar-refractivity contribution in [3.8, 4) is 0 Å². The highest BCUT2D eigenvalue weighted by Crippen LogP contribution is 2.16. The monoisotopic (exact) mass is 919 g/mol. The van der Waals surface area contributed by atoms with Crippen LogP contribution in [0.3, 0.4) is 0 Å². The number of carbonyl (C=O) groups is 2. The molecule has 0 rings (SSSR count). The maximum atomic E-state index is 12.8. The Hall–Kier alpha value is -2.92. The van der Waals surface area contributed by atoms with Crippen molar-refractivity contribution in [2.45, 2.75) is 271 Å². The van der Waals surface area contributed by atoms with Gasteiger partial charge >= 0.3 is 11.9 Å². The SMILES string of the molecule is CC/C=C\C/C=C\C/C=C\C/C=C\C/C=C\C/C=C\CCC(=O)OCC(COCCCCCCCC/C=C\CCCC)OC(=O)CCCCCCCCCCCCCCCCCCCCC. The van der Waals surface area contributed by atoms with Crippen molar-refractivity contribution in [1.29, 1.82) is 0 Å². The van der Waals surface area contributed by atoms with Crippen LogP contribution < -0.4 is 0 Å². The molecule has 0 heterocycles. The van der Waals surface area contributed by atoms with Crippen LogP contribution in [-0.4, -0.2) is 37.9 Å². The van der Waals surface area contributed by atoms with Crippen molar-refractivity contribution in [3.05, 3.63) is 85.1 Å².